The number of rotatable bonds is 3. The maximum absolute atomic E-state index is 13.0. The number of carboxylic acid groups (broad SMARTS) is 1. The first-order chi connectivity index (χ1) is 6.91. The average Bonchev–Trinajstić information content (AvgIpc) is 2.09. The number of hydrogen-bond donors (Lipinski definition) is 2. The maximum atomic E-state index is 13.0. The first kappa shape index (κ1) is 11.3. The summed E-state index contributed by atoms with van der Waals surface area (Å²) in [4.78, 5) is 13.2. The van der Waals surface area contributed by atoms with Crippen molar-refractivity contribution in [2.45, 2.75) is 12.8 Å². The number of carboxylic acids is 1. The Morgan fingerprint density at radius 1 is 1.60 bits per heavy atom. The lowest BCUT2D eigenvalue weighted by Gasteiger charge is -2.06. The second-order valence-electron chi connectivity index (χ2n) is 2.78. The largest absolute Gasteiger partial charge is 0.481 e. The summed E-state index contributed by atoms with van der Waals surface area (Å²) >= 11 is 0. The number of halogens is 3. The third-order valence-corrected chi connectivity index (χ3v) is 1.66. The van der Waals surface area contributed by atoms with E-state index >= 15 is 0 Å². The molecule has 15 heavy (non-hydrogen) atoms. The summed E-state index contributed by atoms with van der Waals surface area (Å²) in [6, 6.07) is 0.859. The van der Waals surface area contributed by atoms with Crippen molar-refractivity contribution >= 4 is 11.7 Å². The summed E-state index contributed by atoms with van der Waals surface area (Å²) in [7, 11) is 0. The van der Waals surface area contributed by atoms with Gasteiger partial charge in [-0.1, -0.05) is 0 Å². The molecule has 1 aromatic rings. The number of pyridine rings is 1. The summed E-state index contributed by atoms with van der Waals surface area (Å²) in [6.45, 7) is 0. The van der Waals surface area contributed by atoms with E-state index in [1.165, 1.54) is 0 Å². The van der Waals surface area contributed by atoms with E-state index in [-0.39, 0.29) is 5.56 Å². The number of nitrogen functional groups attached to an aromatic ring is 1. The number of nitrogens with two attached hydrogens (primary N) is 1. The van der Waals surface area contributed by atoms with Crippen LogP contribution in [-0.4, -0.2) is 16.1 Å². The Hall–Kier alpha value is -1.79. The molecule has 0 aliphatic carbocycles. The van der Waals surface area contributed by atoms with Crippen molar-refractivity contribution in [1.82, 2.24) is 4.98 Å². The molecule has 0 saturated heterocycles. The normalized spacial score (nSPS) is 10.7. The average molecular weight is 220 g/mol. The lowest BCUT2D eigenvalue weighted by Crippen LogP contribution is -2.08. The number of hydrogen-bond acceptors (Lipinski definition) is 3. The van der Waals surface area contributed by atoms with Crippen LogP contribution >= 0.6 is 0 Å². The highest BCUT2D eigenvalue weighted by Crippen LogP contribution is 2.24. The molecular weight excluding hydrogens is 213 g/mol. The van der Waals surface area contributed by atoms with Gasteiger partial charge in [0.15, 0.2) is 0 Å². The van der Waals surface area contributed by atoms with Gasteiger partial charge < -0.3 is 10.8 Å². The molecule has 1 heterocycles. The number of nitrogens with zero attached hydrogens (tertiary/aromatic N) is 1. The van der Waals surface area contributed by atoms with E-state index in [1.54, 1.807) is 0 Å². The SMILES string of the molecule is Nc1cc(CC(=O)O)c(F)nc1C(F)F. The lowest BCUT2D eigenvalue weighted by molar-refractivity contribution is -0.136. The van der Waals surface area contributed by atoms with Crippen LogP contribution in [0.1, 0.15) is 17.7 Å². The Kier molecular flexibility index (Phi) is 3.13. The minimum Gasteiger partial charge on any atom is -0.481 e. The van der Waals surface area contributed by atoms with Gasteiger partial charge in [0.1, 0.15) is 5.69 Å². The Labute approximate surface area is 82.5 Å². The van der Waals surface area contributed by atoms with Gasteiger partial charge in [-0.25, -0.2) is 13.8 Å². The van der Waals surface area contributed by atoms with Crippen LogP contribution in [0.2, 0.25) is 0 Å². The molecule has 0 bridgehead atoms. The predicted octanol–water partition coefficient (Wildman–Crippen LogP) is 1.37. The fraction of sp³-hybridized carbons (Fsp3) is 0.250. The number of aromatic nitrogens is 1. The van der Waals surface area contributed by atoms with Crippen molar-refractivity contribution in [1.29, 1.82) is 0 Å². The molecule has 0 aromatic carbocycles. The summed E-state index contributed by atoms with van der Waals surface area (Å²) in [5.41, 5.74) is 3.56. The third kappa shape index (κ3) is 2.58. The zero-order valence-electron chi connectivity index (χ0n) is 7.38. The van der Waals surface area contributed by atoms with Gasteiger partial charge in [0, 0.05) is 5.56 Å². The minimum atomic E-state index is -2.99. The lowest BCUT2D eigenvalue weighted by atomic mass is 10.1. The Bertz CT molecular complexity index is 396. The van der Waals surface area contributed by atoms with Crippen LogP contribution in [0.15, 0.2) is 6.07 Å². The predicted molar refractivity (Wildman–Crippen MR) is 44.9 cm³/mol. The topological polar surface area (TPSA) is 76.2 Å². The highest BCUT2D eigenvalue weighted by Gasteiger charge is 2.18. The van der Waals surface area contributed by atoms with Crippen molar-refractivity contribution in [3.05, 3.63) is 23.3 Å². The van der Waals surface area contributed by atoms with Crippen LogP contribution in [0.25, 0.3) is 0 Å². The number of alkyl halides is 2. The second-order valence-corrected chi connectivity index (χ2v) is 2.78. The van der Waals surface area contributed by atoms with E-state index in [0.717, 1.165) is 6.07 Å². The van der Waals surface area contributed by atoms with Gasteiger partial charge in [-0.05, 0) is 6.07 Å². The maximum Gasteiger partial charge on any atom is 0.307 e. The number of carbonyl (C=O) groups is 1. The molecule has 0 radical (unpaired) electrons. The molecule has 0 amide bonds. The van der Waals surface area contributed by atoms with Gasteiger partial charge in [0.05, 0.1) is 12.1 Å². The molecule has 4 nitrogen and oxygen atoms in total. The van der Waals surface area contributed by atoms with Crippen LogP contribution in [0.3, 0.4) is 0 Å². The molecule has 1 rings (SSSR count). The van der Waals surface area contributed by atoms with Gasteiger partial charge in [0.2, 0.25) is 5.95 Å². The molecule has 1 aromatic heterocycles. The standard InChI is InChI=1S/C8H7F3N2O2/c9-7(10)6-4(12)1-3(2-5(14)15)8(11)13-6/h1,7H,2,12H2,(H,14,15). The number of anilines is 1. The zero-order chi connectivity index (χ0) is 11.6. The zero-order valence-corrected chi connectivity index (χ0v) is 7.38. The van der Waals surface area contributed by atoms with Crippen molar-refractivity contribution < 1.29 is 23.1 Å². The summed E-state index contributed by atoms with van der Waals surface area (Å²) in [5.74, 6) is -2.53. The van der Waals surface area contributed by atoms with E-state index in [1.807, 2.05) is 0 Å². The van der Waals surface area contributed by atoms with E-state index < -0.39 is 36.1 Å². The van der Waals surface area contributed by atoms with Crippen LogP contribution in [0.4, 0.5) is 18.9 Å². The van der Waals surface area contributed by atoms with Crippen LogP contribution in [-0.2, 0) is 11.2 Å². The molecule has 0 spiro atoms. The van der Waals surface area contributed by atoms with Crippen molar-refractivity contribution in [2.75, 3.05) is 5.73 Å². The fourth-order valence-electron chi connectivity index (χ4n) is 1.02. The Morgan fingerprint density at radius 2 is 2.20 bits per heavy atom. The van der Waals surface area contributed by atoms with Crippen LogP contribution in [0.5, 0.6) is 0 Å². The van der Waals surface area contributed by atoms with Crippen LogP contribution < -0.4 is 5.73 Å². The fourth-order valence-corrected chi connectivity index (χ4v) is 1.02. The molecule has 0 unspecified atom stereocenters. The molecular formula is C8H7F3N2O2. The Balaban J connectivity index is 3.13. The van der Waals surface area contributed by atoms with Gasteiger partial charge in [-0.3, -0.25) is 4.79 Å². The molecule has 0 atom stereocenters. The molecule has 0 saturated carbocycles. The molecule has 7 heteroatoms. The van der Waals surface area contributed by atoms with E-state index in [0.29, 0.717) is 0 Å². The van der Waals surface area contributed by atoms with Crippen LogP contribution in [0, 0.1) is 5.95 Å². The Morgan fingerprint density at radius 3 is 2.67 bits per heavy atom. The molecule has 0 aliphatic rings. The van der Waals surface area contributed by atoms with E-state index in [2.05, 4.69) is 4.98 Å². The first-order valence-electron chi connectivity index (χ1n) is 3.86. The monoisotopic (exact) mass is 220 g/mol. The van der Waals surface area contributed by atoms with Gasteiger partial charge >= 0.3 is 5.97 Å². The second kappa shape index (κ2) is 4.16. The third-order valence-electron chi connectivity index (χ3n) is 1.66. The van der Waals surface area contributed by atoms with E-state index in [9.17, 15) is 18.0 Å². The van der Waals surface area contributed by atoms with Crippen molar-refractivity contribution in [3.63, 3.8) is 0 Å². The number of aliphatic carboxylic acids is 1. The summed E-state index contributed by atoms with van der Waals surface area (Å²) in [5, 5.41) is 8.38. The summed E-state index contributed by atoms with van der Waals surface area (Å²) in [6.07, 6.45) is -3.63. The van der Waals surface area contributed by atoms with Crippen molar-refractivity contribution in [2.24, 2.45) is 0 Å². The molecule has 0 fully saturated rings. The highest BCUT2D eigenvalue weighted by atomic mass is 19.3. The van der Waals surface area contributed by atoms with Crippen molar-refractivity contribution in [3.8, 4) is 0 Å². The molecule has 3 N–H and O–H groups in total. The summed E-state index contributed by atoms with van der Waals surface area (Å²) < 4.78 is 37.3. The van der Waals surface area contributed by atoms with E-state index in [4.69, 9.17) is 10.8 Å². The highest BCUT2D eigenvalue weighted by molar-refractivity contribution is 5.70. The van der Waals surface area contributed by atoms with Gasteiger partial charge in [-0.2, -0.15) is 4.39 Å². The quantitative estimate of drug-likeness (QED) is 0.754. The van der Waals surface area contributed by atoms with Gasteiger partial charge in [0.25, 0.3) is 6.43 Å². The minimum absolute atomic E-state index is 0.315. The van der Waals surface area contributed by atoms with Gasteiger partial charge in [-0.15, -0.1) is 0 Å². The molecule has 0 aliphatic heterocycles. The smallest absolute Gasteiger partial charge is 0.307 e. The molecule has 82 valence electrons. The first-order valence-corrected chi connectivity index (χ1v) is 3.86.